The maximum atomic E-state index is 9.50. The summed E-state index contributed by atoms with van der Waals surface area (Å²) >= 11 is 3.46. The van der Waals surface area contributed by atoms with E-state index in [4.69, 9.17) is 0 Å². The monoisotopic (exact) mass is 311 g/mol. The zero-order valence-electron chi connectivity index (χ0n) is 11.0. The lowest BCUT2D eigenvalue weighted by molar-refractivity contribution is 0.0968. The van der Waals surface area contributed by atoms with Crippen molar-refractivity contribution in [2.75, 3.05) is 13.6 Å². The Kier molecular flexibility index (Phi) is 5.22. The van der Waals surface area contributed by atoms with E-state index in [2.05, 4.69) is 52.1 Å². The lowest BCUT2D eigenvalue weighted by atomic mass is 9.87. The number of rotatable bonds is 4. The third kappa shape index (κ3) is 4.38. The Morgan fingerprint density at radius 2 is 1.78 bits per heavy atom. The van der Waals surface area contributed by atoms with E-state index in [1.54, 1.807) is 0 Å². The van der Waals surface area contributed by atoms with Crippen molar-refractivity contribution in [1.82, 2.24) is 4.90 Å². The summed E-state index contributed by atoms with van der Waals surface area (Å²) in [4.78, 5) is 2.39. The molecule has 1 aromatic carbocycles. The van der Waals surface area contributed by atoms with Gasteiger partial charge in [-0.3, -0.25) is 0 Å². The molecule has 0 atom stereocenters. The van der Waals surface area contributed by atoms with Gasteiger partial charge in [0.2, 0.25) is 0 Å². The molecule has 0 saturated heterocycles. The third-order valence-corrected chi connectivity index (χ3v) is 4.28. The molecule has 0 unspecified atom stereocenters. The van der Waals surface area contributed by atoms with Gasteiger partial charge in [-0.2, -0.15) is 0 Å². The predicted octanol–water partition coefficient (Wildman–Crippen LogP) is 3.43. The maximum Gasteiger partial charge on any atom is 0.0540 e. The molecule has 1 aliphatic rings. The first-order valence-electron chi connectivity index (χ1n) is 6.74. The van der Waals surface area contributed by atoms with Crippen molar-refractivity contribution in [3.05, 3.63) is 34.3 Å². The van der Waals surface area contributed by atoms with Gasteiger partial charge in [0.1, 0.15) is 0 Å². The van der Waals surface area contributed by atoms with Crippen molar-refractivity contribution in [1.29, 1.82) is 0 Å². The summed E-state index contributed by atoms with van der Waals surface area (Å²) in [6, 6.07) is 8.54. The Bertz CT molecular complexity index is 357. The summed E-state index contributed by atoms with van der Waals surface area (Å²) in [7, 11) is 2.19. The Hall–Kier alpha value is -0.380. The van der Waals surface area contributed by atoms with Crippen molar-refractivity contribution in [3.63, 3.8) is 0 Å². The molecule has 0 aliphatic heterocycles. The smallest absolute Gasteiger partial charge is 0.0540 e. The molecule has 1 aromatic rings. The van der Waals surface area contributed by atoms with Gasteiger partial charge in [-0.15, -0.1) is 0 Å². The van der Waals surface area contributed by atoms with Gasteiger partial charge >= 0.3 is 0 Å². The fraction of sp³-hybridized carbons (Fsp3) is 0.600. The standard InChI is InChI=1S/C15H22BrNO/c1-17(10-12-2-6-14(16)7-3-12)11-13-4-8-15(18)9-5-13/h2-3,6-7,13,15,18H,4-5,8-11H2,1H3. The number of aliphatic hydroxyl groups is 1. The normalized spacial score (nSPS) is 24.4. The van der Waals surface area contributed by atoms with Gasteiger partial charge in [-0.1, -0.05) is 28.1 Å². The zero-order valence-corrected chi connectivity index (χ0v) is 12.6. The van der Waals surface area contributed by atoms with Crippen LogP contribution in [0.25, 0.3) is 0 Å². The quantitative estimate of drug-likeness (QED) is 0.921. The molecule has 1 fully saturated rings. The number of halogens is 1. The van der Waals surface area contributed by atoms with Crippen LogP contribution in [0.1, 0.15) is 31.2 Å². The lowest BCUT2D eigenvalue weighted by Gasteiger charge is -2.29. The highest BCUT2D eigenvalue weighted by Crippen LogP contribution is 2.25. The molecule has 18 heavy (non-hydrogen) atoms. The molecule has 3 heteroatoms. The third-order valence-electron chi connectivity index (χ3n) is 3.75. The minimum Gasteiger partial charge on any atom is -0.393 e. The molecule has 0 spiro atoms. The van der Waals surface area contributed by atoms with Gasteiger partial charge in [0.05, 0.1) is 6.10 Å². The van der Waals surface area contributed by atoms with Crippen molar-refractivity contribution in [3.8, 4) is 0 Å². The molecular formula is C15H22BrNO. The van der Waals surface area contributed by atoms with E-state index in [1.165, 1.54) is 18.4 Å². The molecular weight excluding hydrogens is 290 g/mol. The Morgan fingerprint density at radius 3 is 2.39 bits per heavy atom. The van der Waals surface area contributed by atoms with Crippen molar-refractivity contribution >= 4 is 15.9 Å². The van der Waals surface area contributed by atoms with Crippen LogP contribution in [0.5, 0.6) is 0 Å². The van der Waals surface area contributed by atoms with Gasteiger partial charge in [0.25, 0.3) is 0 Å². The van der Waals surface area contributed by atoms with Crippen LogP contribution in [0.3, 0.4) is 0 Å². The van der Waals surface area contributed by atoms with Crippen molar-refractivity contribution in [2.45, 2.75) is 38.3 Å². The van der Waals surface area contributed by atoms with Crippen LogP contribution < -0.4 is 0 Å². The maximum absolute atomic E-state index is 9.50. The first kappa shape index (κ1) is 14.0. The first-order chi connectivity index (χ1) is 8.63. The van der Waals surface area contributed by atoms with E-state index in [0.29, 0.717) is 0 Å². The summed E-state index contributed by atoms with van der Waals surface area (Å²) in [5, 5.41) is 9.50. The minimum atomic E-state index is -0.0435. The largest absolute Gasteiger partial charge is 0.393 e. The SMILES string of the molecule is CN(Cc1ccc(Br)cc1)CC1CCC(O)CC1. The highest BCUT2D eigenvalue weighted by atomic mass is 79.9. The molecule has 0 radical (unpaired) electrons. The van der Waals surface area contributed by atoms with E-state index < -0.39 is 0 Å². The van der Waals surface area contributed by atoms with E-state index in [1.807, 2.05) is 0 Å². The molecule has 1 aliphatic carbocycles. The van der Waals surface area contributed by atoms with Crippen LogP contribution in [-0.2, 0) is 6.54 Å². The molecule has 1 saturated carbocycles. The summed E-state index contributed by atoms with van der Waals surface area (Å²) in [5.74, 6) is 0.758. The highest BCUT2D eigenvalue weighted by Gasteiger charge is 2.20. The van der Waals surface area contributed by atoms with E-state index >= 15 is 0 Å². The van der Waals surface area contributed by atoms with Crippen LogP contribution in [0.2, 0.25) is 0 Å². The number of aliphatic hydroxyl groups excluding tert-OH is 1. The van der Waals surface area contributed by atoms with Crippen LogP contribution >= 0.6 is 15.9 Å². The Labute approximate surface area is 118 Å². The zero-order chi connectivity index (χ0) is 13.0. The van der Waals surface area contributed by atoms with Gasteiger partial charge in [0.15, 0.2) is 0 Å². The van der Waals surface area contributed by atoms with Gasteiger partial charge in [0, 0.05) is 17.6 Å². The molecule has 100 valence electrons. The Balaban J connectivity index is 1.78. The molecule has 2 nitrogen and oxygen atoms in total. The van der Waals surface area contributed by atoms with Crippen LogP contribution in [-0.4, -0.2) is 29.7 Å². The lowest BCUT2D eigenvalue weighted by Crippen LogP contribution is -2.29. The average molecular weight is 312 g/mol. The van der Waals surface area contributed by atoms with Gasteiger partial charge < -0.3 is 10.0 Å². The molecule has 0 aromatic heterocycles. The highest BCUT2D eigenvalue weighted by molar-refractivity contribution is 9.10. The predicted molar refractivity (Wildman–Crippen MR) is 78.4 cm³/mol. The van der Waals surface area contributed by atoms with E-state index in [-0.39, 0.29) is 6.10 Å². The fourth-order valence-corrected chi connectivity index (χ4v) is 3.00. The minimum absolute atomic E-state index is 0.0435. The molecule has 0 heterocycles. The number of hydrogen-bond donors (Lipinski definition) is 1. The topological polar surface area (TPSA) is 23.5 Å². The number of nitrogens with zero attached hydrogens (tertiary/aromatic N) is 1. The van der Waals surface area contributed by atoms with Crippen LogP contribution in [0, 0.1) is 5.92 Å². The van der Waals surface area contributed by atoms with Crippen molar-refractivity contribution < 1.29 is 5.11 Å². The molecule has 2 rings (SSSR count). The van der Waals surface area contributed by atoms with E-state index in [9.17, 15) is 5.11 Å². The number of benzene rings is 1. The van der Waals surface area contributed by atoms with Gasteiger partial charge in [-0.05, 0) is 56.3 Å². The summed E-state index contributed by atoms with van der Waals surface area (Å²) in [6.45, 7) is 2.15. The average Bonchev–Trinajstić information content (AvgIpc) is 2.35. The molecule has 1 N–H and O–H groups in total. The Morgan fingerprint density at radius 1 is 1.17 bits per heavy atom. The first-order valence-corrected chi connectivity index (χ1v) is 7.54. The summed E-state index contributed by atoms with van der Waals surface area (Å²) in [6.07, 6.45) is 4.27. The second kappa shape index (κ2) is 6.69. The van der Waals surface area contributed by atoms with E-state index in [0.717, 1.165) is 36.3 Å². The second-order valence-corrected chi connectivity index (χ2v) is 6.41. The van der Waals surface area contributed by atoms with Crippen LogP contribution in [0.4, 0.5) is 0 Å². The van der Waals surface area contributed by atoms with Crippen molar-refractivity contribution in [2.24, 2.45) is 5.92 Å². The van der Waals surface area contributed by atoms with Gasteiger partial charge in [-0.25, -0.2) is 0 Å². The second-order valence-electron chi connectivity index (χ2n) is 5.50. The van der Waals surface area contributed by atoms with Crippen LogP contribution in [0.15, 0.2) is 28.7 Å². The molecule has 0 amide bonds. The molecule has 0 bridgehead atoms. The number of hydrogen-bond acceptors (Lipinski definition) is 2. The fourth-order valence-electron chi connectivity index (χ4n) is 2.73. The summed E-state index contributed by atoms with van der Waals surface area (Å²) < 4.78 is 1.13. The summed E-state index contributed by atoms with van der Waals surface area (Å²) in [5.41, 5.74) is 1.36.